The Balaban J connectivity index is 1.52. The van der Waals surface area contributed by atoms with Crippen LogP contribution >= 0.6 is 0 Å². The highest BCUT2D eigenvalue weighted by molar-refractivity contribution is 5.95. The van der Waals surface area contributed by atoms with E-state index in [9.17, 15) is 4.79 Å². The molecule has 3 aliphatic heterocycles. The fourth-order valence-electron chi connectivity index (χ4n) is 3.80. The Labute approximate surface area is 119 Å². The zero-order chi connectivity index (χ0) is 13.5. The summed E-state index contributed by atoms with van der Waals surface area (Å²) in [6.45, 7) is 5.05. The van der Waals surface area contributed by atoms with Gasteiger partial charge in [-0.2, -0.15) is 0 Å². The lowest BCUT2D eigenvalue weighted by Crippen LogP contribution is -2.52. The Bertz CT molecular complexity index is 543. The molecule has 1 N–H and O–H groups in total. The van der Waals surface area contributed by atoms with Crippen LogP contribution < -0.4 is 5.32 Å². The molecular formula is C16H21N3O. The van der Waals surface area contributed by atoms with E-state index in [4.69, 9.17) is 0 Å². The third kappa shape index (κ3) is 1.99. The summed E-state index contributed by atoms with van der Waals surface area (Å²) in [6.07, 6.45) is 3.57. The van der Waals surface area contributed by atoms with Crippen LogP contribution in [0.1, 0.15) is 28.8 Å². The molecule has 1 unspecified atom stereocenters. The summed E-state index contributed by atoms with van der Waals surface area (Å²) in [4.78, 5) is 17.3. The molecule has 106 valence electrons. The molecule has 0 saturated carbocycles. The van der Waals surface area contributed by atoms with Gasteiger partial charge in [0.15, 0.2) is 0 Å². The first-order valence-electron chi connectivity index (χ1n) is 7.71. The first kappa shape index (κ1) is 12.2. The number of fused-ring (bicyclic) bond motifs is 2. The molecule has 0 spiro atoms. The van der Waals surface area contributed by atoms with Gasteiger partial charge in [-0.3, -0.25) is 9.69 Å². The van der Waals surface area contributed by atoms with Gasteiger partial charge in [0, 0.05) is 43.5 Å². The second kappa shape index (κ2) is 4.77. The maximum Gasteiger partial charge on any atom is 0.253 e. The van der Waals surface area contributed by atoms with Crippen molar-refractivity contribution in [1.82, 2.24) is 9.80 Å². The number of nitrogens with zero attached hydrogens (tertiary/aromatic N) is 2. The summed E-state index contributed by atoms with van der Waals surface area (Å²) in [7, 11) is 0. The van der Waals surface area contributed by atoms with Gasteiger partial charge in [-0.05, 0) is 49.6 Å². The molecule has 1 atom stereocenters. The Kier molecular flexibility index (Phi) is 2.91. The summed E-state index contributed by atoms with van der Waals surface area (Å²) in [5.41, 5.74) is 3.34. The second-order valence-corrected chi connectivity index (χ2v) is 6.13. The van der Waals surface area contributed by atoms with Gasteiger partial charge in [0.05, 0.1) is 0 Å². The topological polar surface area (TPSA) is 35.6 Å². The molecule has 20 heavy (non-hydrogen) atoms. The SMILES string of the molecule is O=C(c1ccc2c(c1)CCN2)N1CCN2CCCC2C1. The molecule has 4 heteroatoms. The van der Waals surface area contributed by atoms with Gasteiger partial charge in [-0.1, -0.05) is 0 Å². The van der Waals surface area contributed by atoms with Crippen LogP contribution in [0, 0.1) is 0 Å². The first-order chi connectivity index (χ1) is 9.81. The van der Waals surface area contributed by atoms with E-state index in [-0.39, 0.29) is 5.91 Å². The van der Waals surface area contributed by atoms with Crippen molar-refractivity contribution in [3.63, 3.8) is 0 Å². The molecule has 1 aromatic rings. The van der Waals surface area contributed by atoms with Gasteiger partial charge in [-0.25, -0.2) is 0 Å². The van der Waals surface area contributed by atoms with Gasteiger partial charge in [0.1, 0.15) is 0 Å². The number of carbonyl (C=O) groups excluding carboxylic acids is 1. The molecule has 2 saturated heterocycles. The maximum absolute atomic E-state index is 12.7. The summed E-state index contributed by atoms with van der Waals surface area (Å²) >= 11 is 0. The minimum absolute atomic E-state index is 0.214. The smallest absolute Gasteiger partial charge is 0.253 e. The number of hydrogen-bond acceptors (Lipinski definition) is 3. The predicted molar refractivity (Wildman–Crippen MR) is 79.1 cm³/mol. The van der Waals surface area contributed by atoms with Crippen molar-refractivity contribution in [2.75, 3.05) is 38.0 Å². The highest BCUT2D eigenvalue weighted by Crippen LogP contribution is 2.26. The van der Waals surface area contributed by atoms with E-state index in [1.807, 2.05) is 6.07 Å². The van der Waals surface area contributed by atoms with Crippen molar-refractivity contribution in [2.24, 2.45) is 0 Å². The average Bonchev–Trinajstić information content (AvgIpc) is 3.13. The van der Waals surface area contributed by atoms with E-state index in [1.54, 1.807) is 0 Å². The van der Waals surface area contributed by atoms with Crippen LogP contribution in [-0.4, -0.2) is 54.5 Å². The summed E-state index contributed by atoms with van der Waals surface area (Å²) in [6, 6.07) is 6.71. The minimum atomic E-state index is 0.214. The second-order valence-electron chi connectivity index (χ2n) is 6.13. The van der Waals surface area contributed by atoms with Crippen LogP contribution in [0.2, 0.25) is 0 Å². The van der Waals surface area contributed by atoms with Gasteiger partial charge >= 0.3 is 0 Å². The lowest BCUT2D eigenvalue weighted by atomic mass is 10.1. The minimum Gasteiger partial charge on any atom is -0.384 e. The average molecular weight is 271 g/mol. The Hall–Kier alpha value is -1.55. The van der Waals surface area contributed by atoms with Crippen LogP contribution in [0.5, 0.6) is 0 Å². The number of amides is 1. The number of carbonyl (C=O) groups is 1. The highest BCUT2D eigenvalue weighted by Gasteiger charge is 2.32. The lowest BCUT2D eigenvalue weighted by molar-refractivity contribution is 0.0571. The molecule has 0 radical (unpaired) electrons. The molecular weight excluding hydrogens is 250 g/mol. The molecule has 1 amide bonds. The molecule has 0 aromatic heterocycles. The third-order valence-corrected chi connectivity index (χ3v) is 4.94. The zero-order valence-electron chi connectivity index (χ0n) is 11.8. The molecule has 0 aliphatic carbocycles. The molecule has 4 rings (SSSR count). The lowest BCUT2D eigenvalue weighted by Gasteiger charge is -2.37. The van der Waals surface area contributed by atoms with E-state index < -0.39 is 0 Å². The van der Waals surface area contributed by atoms with E-state index >= 15 is 0 Å². The number of benzene rings is 1. The number of hydrogen-bond donors (Lipinski definition) is 1. The predicted octanol–water partition coefficient (Wildman–Crippen LogP) is 1.57. The molecule has 3 aliphatic rings. The van der Waals surface area contributed by atoms with Gasteiger partial charge in [0.25, 0.3) is 5.91 Å². The number of anilines is 1. The Morgan fingerprint density at radius 1 is 1.25 bits per heavy atom. The van der Waals surface area contributed by atoms with Crippen LogP contribution in [-0.2, 0) is 6.42 Å². The van der Waals surface area contributed by atoms with E-state index in [1.165, 1.54) is 30.6 Å². The molecule has 0 bridgehead atoms. The largest absolute Gasteiger partial charge is 0.384 e. The van der Waals surface area contributed by atoms with Crippen LogP contribution in [0.3, 0.4) is 0 Å². The fraction of sp³-hybridized carbons (Fsp3) is 0.562. The van der Waals surface area contributed by atoms with Crippen molar-refractivity contribution in [3.05, 3.63) is 29.3 Å². The summed E-state index contributed by atoms with van der Waals surface area (Å²) in [5.74, 6) is 0.214. The maximum atomic E-state index is 12.7. The number of nitrogens with one attached hydrogen (secondary N) is 1. The molecule has 4 nitrogen and oxygen atoms in total. The highest BCUT2D eigenvalue weighted by atomic mass is 16.2. The molecule has 3 heterocycles. The Morgan fingerprint density at radius 3 is 3.15 bits per heavy atom. The standard InChI is InChI=1S/C16H21N3O/c20-16(13-3-4-15-12(10-13)5-6-17-15)19-9-8-18-7-1-2-14(18)11-19/h3-4,10,14,17H,1-2,5-9,11H2. The molecule has 1 aromatic carbocycles. The molecule has 2 fully saturated rings. The van der Waals surface area contributed by atoms with Crippen LogP contribution in [0.15, 0.2) is 18.2 Å². The van der Waals surface area contributed by atoms with Crippen molar-refractivity contribution < 1.29 is 4.79 Å². The van der Waals surface area contributed by atoms with Gasteiger partial charge in [-0.15, -0.1) is 0 Å². The van der Waals surface area contributed by atoms with Crippen molar-refractivity contribution in [1.29, 1.82) is 0 Å². The quantitative estimate of drug-likeness (QED) is 0.842. The Morgan fingerprint density at radius 2 is 2.20 bits per heavy atom. The monoisotopic (exact) mass is 271 g/mol. The van der Waals surface area contributed by atoms with Crippen molar-refractivity contribution >= 4 is 11.6 Å². The van der Waals surface area contributed by atoms with Crippen LogP contribution in [0.25, 0.3) is 0 Å². The zero-order valence-corrected chi connectivity index (χ0v) is 11.8. The normalized spacial score (nSPS) is 25.2. The van der Waals surface area contributed by atoms with E-state index in [0.717, 1.165) is 38.2 Å². The van der Waals surface area contributed by atoms with Crippen LogP contribution in [0.4, 0.5) is 5.69 Å². The first-order valence-corrected chi connectivity index (χ1v) is 7.71. The third-order valence-electron chi connectivity index (χ3n) is 4.94. The van der Waals surface area contributed by atoms with Gasteiger partial charge in [0.2, 0.25) is 0 Å². The van der Waals surface area contributed by atoms with E-state index in [0.29, 0.717) is 6.04 Å². The number of piperazine rings is 1. The summed E-state index contributed by atoms with van der Waals surface area (Å²) < 4.78 is 0. The summed E-state index contributed by atoms with van der Waals surface area (Å²) in [5, 5.41) is 3.34. The fourth-order valence-corrected chi connectivity index (χ4v) is 3.80. The van der Waals surface area contributed by atoms with Gasteiger partial charge < -0.3 is 10.2 Å². The van der Waals surface area contributed by atoms with Crippen molar-refractivity contribution in [2.45, 2.75) is 25.3 Å². The number of rotatable bonds is 1. The van der Waals surface area contributed by atoms with Crippen molar-refractivity contribution in [3.8, 4) is 0 Å². The van der Waals surface area contributed by atoms with E-state index in [2.05, 4.69) is 27.2 Å².